The SMILES string of the molecule is CCOc1ccc(NC(=O)CC)cc1C(=O)NC(C)c1cccc(-c2nccs2)c1. The van der Waals surface area contributed by atoms with E-state index < -0.39 is 0 Å². The summed E-state index contributed by atoms with van der Waals surface area (Å²) in [4.78, 5) is 29.1. The molecule has 0 aliphatic carbocycles. The first-order valence-corrected chi connectivity index (χ1v) is 10.8. The third-order valence-corrected chi connectivity index (χ3v) is 5.36. The molecule has 1 atom stereocenters. The van der Waals surface area contributed by atoms with E-state index in [1.807, 2.05) is 43.5 Å². The molecular formula is C23H25N3O3S. The molecule has 0 spiro atoms. The largest absolute Gasteiger partial charge is 0.493 e. The Kier molecular flexibility index (Phi) is 7.19. The van der Waals surface area contributed by atoms with E-state index >= 15 is 0 Å². The highest BCUT2D eigenvalue weighted by atomic mass is 32.1. The van der Waals surface area contributed by atoms with Gasteiger partial charge in [-0.3, -0.25) is 9.59 Å². The number of nitrogens with zero attached hydrogens (tertiary/aromatic N) is 1. The van der Waals surface area contributed by atoms with Gasteiger partial charge in [-0.25, -0.2) is 4.98 Å². The fourth-order valence-electron chi connectivity index (χ4n) is 2.98. The van der Waals surface area contributed by atoms with Crippen molar-refractivity contribution in [2.75, 3.05) is 11.9 Å². The summed E-state index contributed by atoms with van der Waals surface area (Å²) in [6.45, 7) is 6.01. The summed E-state index contributed by atoms with van der Waals surface area (Å²) >= 11 is 1.57. The normalized spacial score (nSPS) is 11.6. The van der Waals surface area contributed by atoms with Gasteiger partial charge in [-0.15, -0.1) is 11.3 Å². The van der Waals surface area contributed by atoms with Crippen LogP contribution in [0.25, 0.3) is 10.6 Å². The molecule has 2 aromatic carbocycles. The van der Waals surface area contributed by atoms with Crippen molar-refractivity contribution >= 4 is 28.8 Å². The predicted octanol–water partition coefficient (Wildman–Crippen LogP) is 5.05. The molecule has 30 heavy (non-hydrogen) atoms. The lowest BCUT2D eigenvalue weighted by Crippen LogP contribution is -2.27. The van der Waals surface area contributed by atoms with Gasteiger partial charge in [-0.05, 0) is 43.7 Å². The number of hydrogen-bond donors (Lipinski definition) is 2. The molecule has 1 heterocycles. The van der Waals surface area contributed by atoms with Crippen LogP contribution in [0.15, 0.2) is 54.0 Å². The van der Waals surface area contributed by atoms with Gasteiger partial charge >= 0.3 is 0 Å². The minimum atomic E-state index is -0.266. The summed E-state index contributed by atoms with van der Waals surface area (Å²) in [6, 6.07) is 12.8. The maximum atomic E-state index is 13.0. The van der Waals surface area contributed by atoms with Crippen LogP contribution in [-0.4, -0.2) is 23.4 Å². The molecule has 1 aromatic heterocycles. The van der Waals surface area contributed by atoms with Crippen molar-refractivity contribution in [2.24, 2.45) is 0 Å². The maximum absolute atomic E-state index is 13.0. The van der Waals surface area contributed by atoms with Crippen molar-refractivity contribution in [2.45, 2.75) is 33.2 Å². The van der Waals surface area contributed by atoms with Gasteiger partial charge in [-0.1, -0.05) is 25.1 Å². The molecule has 0 radical (unpaired) electrons. The number of carbonyl (C=O) groups is 2. The third-order valence-electron chi connectivity index (χ3n) is 4.54. The summed E-state index contributed by atoms with van der Waals surface area (Å²) in [5, 5.41) is 8.69. The van der Waals surface area contributed by atoms with Gasteiger partial charge in [0.15, 0.2) is 0 Å². The average molecular weight is 424 g/mol. The summed E-state index contributed by atoms with van der Waals surface area (Å²) in [5.41, 5.74) is 2.94. The maximum Gasteiger partial charge on any atom is 0.255 e. The number of nitrogens with one attached hydrogen (secondary N) is 2. The van der Waals surface area contributed by atoms with Gasteiger partial charge < -0.3 is 15.4 Å². The Labute approximate surface area is 180 Å². The highest BCUT2D eigenvalue weighted by Crippen LogP contribution is 2.27. The molecular weight excluding hydrogens is 398 g/mol. The van der Waals surface area contributed by atoms with Crippen LogP contribution in [0.4, 0.5) is 5.69 Å². The smallest absolute Gasteiger partial charge is 0.255 e. The lowest BCUT2D eigenvalue weighted by Gasteiger charge is -2.17. The van der Waals surface area contributed by atoms with Crippen LogP contribution < -0.4 is 15.4 Å². The van der Waals surface area contributed by atoms with Gasteiger partial charge in [0, 0.05) is 29.2 Å². The van der Waals surface area contributed by atoms with E-state index in [4.69, 9.17) is 4.74 Å². The molecule has 1 unspecified atom stereocenters. The van der Waals surface area contributed by atoms with Crippen LogP contribution in [0.5, 0.6) is 5.75 Å². The lowest BCUT2D eigenvalue weighted by atomic mass is 10.0. The quantitative estimate of drug-likeness (QED) is 0.531. The third kappa shape index (κ3) is 5.24. The van der Waals surface area contributed by atoms with E-state index in [1.165, 1.54) is 0 Å². The number of ether oxygens (including phenoxy) is 1. The first-order valence-electron chi connectivity index (χ1n) is 9.89. The number of benzene rings is 2. The first-order chi connectivity index (χ1) is 14.5. The number of rotatable bonds is 8. The van der Waals surface area contributed by atoms with Gasteiger partial charge in [0.25, 0.3) is 5.91 Å². The van der Waals surface area contributed by atoms with Gasteiger partial charge in [-0.2, -0.15) is 0 Å². The second-order valence-corrected chi connectivity index (χ2v) is 7.60. The van der Waals surface area contributed by atoms with E-state index in [1.54, 1.807) is 42.7 Å². The Morgan fingerprint density at radius 1 is 1.17 bits per heavy atom. The highest BCUT2D eigenvalue weighted by Gasteiger charge is 2.18. The molecule has 3 rings (SSSR count). The zero-order valence-corrected chi connectivity index (χ0v) is 18.1. The molecule has 0 aliphatic rings. The van der Waals surface area contributed by atoms with Crippen LogP contribution in [0, 0.1) is 0 Å². The molecule has 156 valence electrons. The van der Waals surface area contributed by atoms with E-state index in [-0.39, 0.29) is 17.9 Å². The van der Waals surface area contributed by atoms with Gasteiger partial charge in [0.1, 0.15) is 10.8 Å². The van der Waals surface area contributed by atoms with Crippen molar-refractivity contribution in [1.29, 1.82) is 0 Å². The monoisotopic (exact) mass is 423 g/mol. The van der Waals surface area contributed by atoms with E-state index in [0.29, 0.717) is 30.0 Å². The van der Waals surface area contributed by atoms with Crippen molar-refractivity contribution in [3.05, 3.63) is 65.2 Å². The Hall–Kier alpha value is -3.19. The molecule has 0 saturated heterocycles. The van der Waals surface area contributed by atoms with Crippen molar-refractivity contribution in [3.63, 3.8) is 0 Å². The van der Waals surface area contributed by atoms with Crippen LogP contribution in [-0.2, 0) is 4.79 Å². The number of amides is 2. The minimum absolute atomic E-state index is 0.113. The molecule has 6 nitrogen and oxygen atoms in total. The van der Waals surface area contributed by atoms with E-state index in [9.17, 15) is 9.59 Å². The zero-order chi connectivity index (χ0) is 21.5. The topological polar surface area (TPSA) is 80.3 Å². The fourth-order valence-corrected chi connectivity index (χ4v) is 3.62. The van der Waals surface area contributed by atoms with Gasteiger partial charge in [0.2, 0.25) is 5.91 Å². The average Bonchev–Trinajstić information content (AvgIpc) is 3.30. The van der Waals surface area contributed by atoms with E-state index in [0.717, 1.165) is 16.1 Å². The van der Waals surface area contributed by atoms with Crippen molar-refractivity contribution in [1.82, 2.24) is 10.3 Å². The Morgan fingerprint density at radius 2 is 2.00 bits per heavy atom. The lowest BCUT2D eigenvalue weighted by molar-refractivity contribution is -0.115. The molecule has 0 bridgehead atoms. The summed E-state index contributed by atoms with van der Waals surface area (Å²) in [7, 11) is 0. The van der Waals surface area contributed by atoms with Crippen LogP contribution >= 0.6 is 11.3 Å². The van der Waals surface area contributed by atoms with Crippen LogP contribution in [0.2, 0.25) is 0 Å². The first kappa shape index (κ1) is 21.5. The molecule has 0 aliphatic heterocycles. The van der Waals surface area contributed by atoms with Crippen molar-refractivity contribution in [3.8, 4) is 16.3 Å². The second kappa shape index (κ2) is 10.0. The Bertz CT molecular complexity index is 1020. The molecule has 7 heteroatoms. The number of anilines is 1. The standard InChI is InChI=1S/C23H25N3O3S/c1-4-21(27)26-18-9-10-20(29-5-2)19(14-18)22(28)25-15(3)16-7-6-8-17(13-16)23-24-11-12-30-23/h6-15H,4-5H2,1-3H3,(H,25,28)(H,26,27). The van der Waals surface area contributed by atoms with Crippen LogP contribution in [0.1, 0.15) is 49.2 Å². The summed E-state index contributed by atoms with van der Waals surface area (Å²) in [5.74, 6) is 0.101. The highest BCUT2D eigenvalue weighted by molar-refractivity contribution is 7.13. The van der Waals surface area contributed by atoms with Gasteiger partial charge in [0.05, 0.1) is 18.2 Å². The summed E-state index contributed by atoms with van der Waals surface area (Å²) in [6.07, 6.45) is 2.14. The summed E-state index contributed by atoms with van der Waals surface area (Å²) < 4.78 is 5.62. The number of carbonyl (C=O) groups excluding carboxylic acids is 2. The minimum Gasteiger partial charge on any atom is -0.493 e. The molecule has 0 fully saturated rings. The Balaban J connectivity index is 1.81. The fraction of sp³-hybridized carbons (Fsp3) is 0.261. The molecule has 2 amide bonds. The Morgan fingerprint density at radius 3 is 2.70 bits per heavy atom. The van der Waals surface area contributed by atoms with Crippen LogP contribution in [0.3, 0.4) is 0 Å². The second-order valence-electron chi connectivity index (χ2n) is 6.70. The number of hydrogen-bond acceptors (Lipinski definition) is 5. The number of aromatic nitrogens is 1. The number of thiazole rings is 1. The molecule has 3 aromatic rings. The molecule has 0 saturated carbocycles. The van der Waals surface area contributed by atoms with Crippen molar-refractivity contribution < 1.29 is 14.3 Å². The zero-order valence-electron chi connectivity index (χ0n) is 17.3. The predicted molar refractivity (Wildman–Crippen MR) is 120 cm³/mol. The van der Waals surface area contributed by atoms with E-state index in [2.05, 4.69) is 15.6 Å². The molecule has 2 N–H and O–H groups in total.